The molecular formula is C15H20O5. The van der Waals surface area contributed by atoms with Crippen molar-refractivity contribution in [2.45, 2.75) is 32.6 Å². The third kappa shape index (κ3) is 2.15. The van der Waals surface area contributed by atoms with Gasteiger partial charge in [0.25, 0.3) is 0 Å². The number of methoxy groups -OCH3 is 2. The van der Waals surface area contributed by atoms with E-state index in [9.17, 15) is 14.4 Å². The topological polar surface area (TPSA) is 69.7 Å². The van der Waals surface area contributed by atoms with E-state index in [2.05, 4.69) is 0 Å². The van der Waals surface area contributed by atoms with Crippen LogP contribution in [0.4, 0.5) is 0 Å². The maximum absolute atomic E-state index is 12.1. The van der Waals surface area contributed by atoms with Crippen LogP contribution in [0.1, 0.15) is 32.6 Å². The van der Waals surface area contributed by atoms with Crippen LogP contribution < -0.4 is 0 Å². The smallest absolute Gasteiger partial charge is 0.327 e. The summed E-state index contributed by atoms with van der Waals surface area (Å²) in [6, 6.07) is 0. The molecule has 0 saturated heterocycles. The Bertz CT molecular complexity index is 461. The summed E-state index contributed by atoms with van der Waals surface area (Å²) in [4.78, 5) is 36.4. The van der Waals surface area contributed by atoms with Gasteiger partial charge in [0.2, 0.25) is 0 Å². The highest BCUT2D eigenvalue weighted by molar-refractivity contribution is 6.06. The minimum absolute atomic E-state index is 0.0292. The number of allylic oxidation sites excluding steroid dienone is 1. The van der Waals surface area contributed by atoms with Crippen molar-refractivity contribution < 1.29 is 23.9 Å². The Morgan fingerprint density at radius 3 is 2.40 bits per heavy atom. The lowest BCUT2D eigenvalue weighted by molar-refractivity contribution is -0.165. The van der Waals surface area contributed by atoms with Gasteiger partial charge < -0.3 is 9.47 Å². The summed E-state index contributed by atoms with van der Waals surface area (Å²) in [7, 11) is 2.49. The monoisotopic (exact) mass is 280 g/mol. The molecule has 0 spiro atoms. The summed E-state index contributed by atoms with van der Waals surface area (Å²) in [5.41, 5.74) is -0.862. The lowest BCUT2D eigenvalue weighted by atomic mass is 9.82. The predicted octanol–water partition coefficient (Wildman–Crippen LogP) is 1.65. The van der Waals surface area contributed by atoms with E-state index in [0.717, 1.165) is 6.42 Å². The maximum Gasteiger partial charge on any atom is 0.327 e. The van der Waals surface area contributed by atoms with Gasteiger partial charge in [-0.25, -0.2) is 0 Å². The second-order valence-corrected chi connectivity index (χ2v) is 5.66. The molecule has 0 amide bonds. The Morgan fingerprint density at radius 2 is 1.85 bits per heavy atom. The minimum Gasteiger partial charge on any atom is -0.468 e. The molecule has 0 aromatic carbocycles. The van der Waals surface area contributed by atoms with Gasteiger partial charge in [0, 0.05) is 6.42 Å². The Hall–Kier alpha value is -1.65. The van der Waals surface area contributed by atoms with Crippen LogP contribution in [0.25, 0.3) is 0 Å². The number of carbonyl (C=O) groups excluding carboxylic acids is 3. The second kappa shape index (κ2) is 5.38. The van der Waals surface area contributed by atoms with Gasteiger partial charge in [-0.1, -0.05) is 13.3 Å². The molecule has 1 fully saturated rings. The van der Waals surface area contributed by atoms with E-state index in [4.69, 9.17) is 9.47 Å². The van der Waals surface area contributed by atoms with Gasteiger partial charge in [0.15, 0.2) is 11.2 Å². The number of Topliss-reactive ketones (excluding diaryl/α,β-unsaturated/α-hetero) is 1. The predicted molar refractivity (Wildman–Crippen MR) is 70.7 cm³/mol. The summed E-state index contributed by atoms with van der Waals surface area (Å²) in [6.45, 7) is 2.03. The summed E-state index contributed by atoms with van der Waals surface area (Å²) >= 11 is 0. The molecule has 20 heavy (non-hydrogen) atoms. The number of carbonyl (C=O) groups is 3. The van der Waals surface area contributed by atoms with Crippen molar-refractivity contribution in [2.75, 3.05) is 14.2 Å². The van der Waals surface area contributed by atoms with Gasteiger partial charge in [-0.2, -0.15) is 0 Å². The average molecular weight is 280 g/mol. The first-order valence-electron chi connectivity index (χ1n) is 6.89. The number of ether oxygens (including phenoxy) is 2. The van der Waals surface area contributed by atoms with Gasteiger partial charge in [-0.3, -0.25) is 14.4 Å². The molecule has 2 atom stereocenters. The molecule has 0 bridgehead atoms. The molecule has 2 aliphatic rings. The van der Waals surface area contributed by atoms with Crippen LogP contribution in [-0.4, -0.2) is 31.9 Å². The van der Waals surface area contributed by atoms with Crippen molar-refractivity contribution in [2.24, 2.45) is 17.3 Å². The summed E-state index contributed by atoms with van der Waals surface area (Å²) < 4.78 is 9.57. The van der Waals surface area contributed by atoms with Gasteiger partial charge in [-0.05, 0) is 36.3 Å². The molecule has 0 aromatic heterocycles. The first-order chi connectivity index (χ1) is 9.46. The first-order valence-corrected chi connectivity index (χ1v) is 6.89. The van der Waals surface area contributed by atoms with Gasteiger partial charge in [0.05, 0.1) is 14.2 Å². The van der Waals surface area contributed by atoms with Crippen molar-refractivity contribution in [1.82, 2.24) is 0 Å². The Morgan fingerprint density at radius 1 is 1.25 bits per heavy atom. The average Bonchev–Trinajstić information content (AvgIpc) is 2.63. The van der Waals surface area contributed by atoms with E-state index >= 15 is 0 Å². The van der Waals surface area contributed by atoms with E-state index in [1.54, 1.807) is 0 Å². The van der Waals surface area contributed by atoms with E-state index in [1.165, 1.54) is 20.3 Å². The Balaban J connectivity index is 2.52. The normalized spacial score (nSPS) is 28.1. The standard InChI is InChI=1S/C15H20O5/c1-9-7-12(16)11-8-15(13(17)19-2,14(18)20-3)6-4-5-10(9)11/h8-10H,4-7H2,1-3H3/t9-,10+/m1/s1. The van der Waals surface area contributed by atoms with Crippen LogP contribution in [0.15, 0.2) is 11.6 Å². The molecule has 1 saturated carbocycles. The molecule has 110 valence electrons. The molecule has 0 aliphatic heterocycles. The Labute approximate surface area is 118 Å². The number of rotatable bonds is 2. The van der Waals surface area contributed by atoms with Crippen molar-refractivity contribution in [3.63, 3.8) is 0 Å². The number of esters is 2. The quantitative estimate of drug-likeness (QED) is 0.568. The highest BCUT2D eigenvalue weighted by Crippen LogP contribution is 2.45. The molecule has 0 radical (unpaired) electrons. The lowest BCUT2D eigenvalue weighted by Gasteiger charge is -2.24. The van der Waals surface area contributed by atoms with Crippen LogP contribution in [0.3, 0.4) is 0 Å². The van der Waals surface area contributed by atoms with Crippen molar-refractivity contribution >= 4 is 17.7 Å². The molecule has 2 aliphatic carbocycles. The number of ketones is 1. The van der Waals surface area contributed by atoms with E-state index in [1.807, 2.05) is 6.92 Å². The minimum atomic E-state index is -1.46. The SMILES string of the molecule is COC(=O)C1(C(=O)OC)C=C2C(=O)C[C@@H](C)[C@@H]2CCC1. The zero-order valence-corrected chi connectivity index (χ0v) is 12.1. The molecule has 0 unspecified atom stereocenters. The van der Waals surface area contributed by atoms with E-state index in [0.29, 0.717) is 24.8 Å². The zero-order valence-electron chi connectivity index (χ0n) is 12.1. The van der Waals surface area contributed by atoms with E-state index < -0.39 is 17.4 Å². The van der Waals surface area contributed by atoms with Crippen LogP contribution in [0.2, 0.25) is 0 Å². The van der Waals surface area contributed by atoms with Crippen LogP contribution in [-0.2, 0) is 23.9 Å². The molecule has 0 heterocycles. The van der Waals surface area contributed by atoms with Gasteiger partial charge >= 0.3 is 11.9 Å². The first kappa shape index (κ1) is 14.8. The molecule has 0 aromatic rings. The molecule has 2 rings (SSSR count). The molecule has 5 nitrogen and oxygen atoms in total. The Kier molecular flexibility index (Phi) is 3.97. The fourth-order valence-electron chi connectivity index (χ4n) is 3.40. The van der Waals surface area contributed by atoms with E-state index in [-0.39, 0.29) is 17.6 Å². The fraction of sp³-hybridized carbons (Fsp3) is 0.667. The van der Waals surface area contributed by atoms with Crippen LogP contribution >= 0.6 is 0 Å². The largest absolute Gasteiger partial charge is 0.468 e. The van der Waals surface area contributed by atoms with Crippen LogP contribution in [0, 0.1) is 17.3 Å². The maximum atomic E-state index is 12.1. The summed E-state index contributed by atoms with van der Waals surface area (Å²) in [5.74, 6) is -0.866. The highest BCUT2D eigenvalue weighted by Gasteiger charge is 2.50. The molecule has 0 N–H and O–H groups in total. The molecule has 5 heteroatoms. The van der Waals surface area contributed by atoms with Crippen molar-refractivity contribution in [1.29, 1.82) is 0 Å². The van der Waals surface area contributed by atoms with Gasteiger partial charge in [0.1, 0.15) is 0 Å². The highest BCUT2D eigenvalue weighted by atomic mass is 16.5. The van der Waals surface area contributed by atoms with Crippen LogP contribution in [0.5, 0.6) is 0 Å². The number of hydrogen-bond donors (Lipinski definition) is 0. The fourth-order valence-corrected chi connectivity index (χ4v) is 3.40. The second-order valence-electron chi connectivity index (χ2n) is 5.66. The number of hydrogen-bond acceptors (Lipinski definition) is 5. The summed E-state index contributed by atoms with van der Waals surface area (Å²) in [5, 5.41) is 0. The zero-order chi connectivity index (χ0) is 14.9. The number of fused-ring (bicyclic) bond motifs is 1. The van der Waals surface area contributed by atoms with Crippen molar-refractivity contribution in [3.05, 3.63) is 11.6 Å². The van der Waals surface area contributed by atoms with Gasteiger partial charge in [-0.15, -0.1) is 0 Å². The lowest BCUT2D eigenvalue weighted by Crippen LogP contribution is -2.39. The molecular weight excluding hydrogens is 260 g/mol. The third-order valence-corrected chi connectivity index (χ3v) is 4.50. The third-order valence-electron chi connectivity index (χ3n) is 4.50. The van der Waals surface area contributed by atoms with Crippen molar-refractivity contribution in [3.8, 4) is 0 Å². The summed E-state index contributed by atoms with van der Waals surface area (Å²) in [6.07, 6.45) is 3.83.